The van der Waals surface area contributed by atoms with Crippen LogP contribution in [0.5, 0.6) is 0 Å². The summed E-state index contributed by atoms with van der Waals surface area (Å²) in [5, 5.41) is 3.76. The molecule has 2 fully saturated rings. The maximum absolute atomic E-state index is 3.76. The molecule has 3 unspecified atom stereocenters. The molecule has 2 saturated heterocycles. The standard InChI is InChI=1S/C14H29N3/c1-12-9-14(11-16(12)3)15-10-13(2)17-7-5-4-6-8-17/h12-15H,4-11H2,1-3H3. The lowest BCUT2D eigenvalue weighted by atomic mass is 10.1. The number of hydrogen-bond acceptors (Lipinski definition) is 3. The quantitative estimate of drug-likeness (QED) is 0.803. The Hall–Kier alpha value is -0.120. The molecule has 0 aromatic carbocycles. The summed E-state index contributed by atoms with van der Waals surface area (Å²) in [6.07, 6.45) is 5.53. The van der Waals surface area contributed by atoms with E-state index in [0.717, 1.165) is 12.6 Å². The van der Waals surface area contributed by atoms with Crippen LogP contribution in [0.1, 0.15) is 39.5 Å². The van der Waals surface area contributed by atoms with E-state index < -0.39 is 0 Å². The summed E-state index contributed by atoms with van der Waals surface area (Å²) in [7, 11) is 2.24. The van der Waals surface area contributed by atoms with Gasteiger partial charge in [0.1, 0.15) is 0 Å². The average Bonchev–Trinajstić information content (AvgIpc) is 2.67. The molecule has 3 heteroatoms. The monoisotopic (exact) mass is 239 g/mol. The number of likely N-dealkylation sites (tertiary alicyclic amines) is 2. The third kappa shape index (κ3) is 3.67. The minimum Gasteiger partial charge on any atom is -0.311 e. The Morgan fingerprint density at radius 1 is 1.24 bits per heavy atom. The summed E-state index contributed by atoms with van der Waals surface area (Å²) in [6.45, 7) is 9.70. The van der Waals surface area contributed by atoms with Crippen molar-refractivity contribution >= 4 is 0 Å². The van der Waals surface area contributed by atoms with Gasteiger partial charge in [0.2, 0.25) is 0 Å². The topological polar surface area (TPSA) is 18.5 Å². The fourth-order valence-corrected chi connectivity index (χ4v) is 3.17. The summed E-state index contributed by atoms with van der Waals surface area (Å²) in [5.74, 6) is 0. The molecule has 100 valence electrons. The van der Waals surface area contributed by atoms with Crippen LogP contribution < -0.4 is 5.32 Å². The van der Waals surface area contributed by atoms with Gasteiger partial charge in [-0.3, -0.25) is 4.90 Å². The van der Waals surface area contributed by atoms with E-state index in [9.17, 15) is 0 Å². The molecule has 0 saturated carbocycles. The minimum absolute atomic E-state index is 0.705. The number of piperidine rings is 1. The Bertz CT molecular complexity index is 216. The lowest BCUT2D eigenvalue weighted by Gasteiger charge is -2.33. The Labute approximate surface area is 107 Å². The largest absolute Gasteiger partial charge is 0.311 e. The van der Waals surface area contributed by atoms with Gasteiger partial charge < -0.3 is 10.2 Å². The van der Waals surface area contributed by atoms with Crippen molar-refractivity contribution < 1.29 is 0 Å². The number of hydrogen-bond donors (Lipinski definition) is 1. The van der Waals surface area contributed by atoms with Crippen LogP contribution in [0.2, 0.25) is 0 Å². The lowest BCUT2D eigenvalue weighted by molar-refractivity contribution is 0.168. The van der Waals surface area contributed by atoms with E-state index >= 15 is 0 Å². The highest BCUT2D eigenvalue weighted by Crippen LogP contribution is 2.16. The van der Waals surface area contributed by atoms with Crippen LogP contribution >= 0.6 is 0 Å². The third-order valence-corrected chi connectivity index (χ3v) is 4.60. The molecular weight excluding hydrogens is 210 g/mol. The van der Waals surface area contributed by atoms with Crippen molar-refractivity contribution in [1.29, 1.82) is 0 Å². The van der Waals surface area contributed by atoms with E-state index in [1.165, 1.54) is 45.3 Å². The van der Waals surface area contributed by atoms with Gasteiger partial charge in [0.05, 0.1) is 0 Å². The van der Waals surface area contributed by atoms with Gasteiger partial charge in [-0.15, -0.1) is 0 Å². The Morgan fingerprint density at radius 2 is 1.94 bits per heavy atom. The van der Waals surface area contributed by atoms with E-state index in [4.69, 9.17) is 0 Å². The zero-order chi connectivity index (χ0) is 12.3. The van der Waals surface area contributed by atoms with Gasteiger partial charge in [-0.2, -0.15) is 0 Å². The van der Waals surface area contributed by atoms with Crippen LogP contribution in [0.15, 0.2) is 0 Å². The molecule has 1 N–H and O–H groups in total. The SMILES string of the molecule is CC1CC(NCC(C)N2CCCCC2)CN1C. The molecule has 17 heavy (non-hydrogen) atoms. The molecule has 2 rings (SSSR count). The third-order valence-electron chi connectivity index (χ3n) is 4.60. The molecule has 2 aliphatic heterocycles. The first-order chi connectivity index (χ1) is 8.16. The summed E-state index contributed by atoms with van der Waals surface area (Å²) >= 11 is 0. The molecule has 0 spiro atoms. The van der Waals surface area contributed by atoms with E-state index in [0.29, 0.717) is 12.1 Å². The van der Waals surface area contributed by atoms with Gasteiger partial charge in [-0.25, -0.2) is 0 Å². The molecule has 2 heterocycles. The second-order valence-corrected chi connectivity index (χ2v) is 6.08. The normalized spacial score (nSPS) is 34.1. The van der Waals surface area contributed by atoms with Crippen LogP contribution in [-0.4, -0.2) is 61.2 Å². The van der Waals surface area contributed by atoms with Gasteiger partial charge in [-0.05, 0) is 53.2 Å². The number of rotatable bonds is 4. The molecule has 3 atom stereocenters. The first-order valence-electron chi connectivity index (χ1n) is 7.34. The van der Waals surface area contributed by atoms with Crippen molar-refractivity contribution in [3.63, 3.8) is 0 Å². The maximum Gasteiger partial charge on any atom is 0.0210 e. The van der Waals surface area contributed by atoms with Crippen LogP contribution in [0.3, 0.4) is 0 Å². The highest BCUT2D eigenvalue weighted by atomic mass is 15.2. The minimum atomic E-state index is 0.705. The molecule has 0 aromatic heterocycles. The molecule has 3 nitrogen and oxygen atoms in total. The highest BCUT2D eigenvalue weighted by molar-refractivity contribution is 4.86. The van der Waals surface area contributed by atoms with Crippen molar-refractivity contribution in [1.82, 2.24) is 15.1 Å². The van der Waals surface area contributed by atoms with Gasteiger partial charge in [0, 0.05) is 31.2 Å². The predicted octanol–water partition coefficient (Wildman–Crippen LogP) is 1.54. The van der Waals surface area contributed by atoms with E-state index in [1.54, 1.807) is 0 Å². The molecule has 0 amide bonds. The summed E-state index contributed by atoms with van der Waals surface area (Å²) < 4.78 is 0. The fraction of sp³-hybridized carbons (Fsp3) is 1.00. The number of nitrogens with one attached hydrogen (secondary N) is 1. The first-order valence-corrected chi connectivity index (χ1v) is 7.34. The molecule has 2 aliphatic rings. The van der Waals surface area contributed by atoms with Crippen molar-refractivity contribution in [2.75, 3.05) is 33.2 Å². The van der Waals surface area contributed by atoms with Crippen LogP contribution in [-0.2, 0) is 0 Å². The fourth-order valence-electron chi connectivity index (χ4n) is 3.17. The summed E-state index contributed by atoms with van der Waals surface area (Å²) in [5.41, 5.74) is 0. The maximum atomic E-state index is 3.76. The van der Waals surface area contributed by atoms with E-state index in [2.05, 4.69) is 36.0 Å². The van der Waals surface area contributed by atoms with Crippen LogP contribution in [0.4, 0.5) is 0 Å². The zero-order valence-electron chi connectivity index (χ0n) is 11.8. The van der Waals surface area contributed by atoms with Crippen molar-refractivity contribution in [3.8, 4) is 0 Å². The Kier molecular flexibility index (Phi) is 4.83. The van der Waals surface area contributed by atoms with Crippen molar-refractivity contribution in [2.45, 2.75) is 57.7 Å². The van der Waals surface area contributed by atoms with E-state index in [-0.39, 0.29) is 0 Å². The zero-order valence-corrected chi connectivity index (χ0v) is 11.8. The molecular formula is C14H29N3. The number of nitrogens with zero attached hydrogens (tertiary/aromatic N) is 2. The molecule has 0 aromatic rings. The Morgan fingerprint density at radius 3 is 2.53 bits per heavy atom. The second kappa shape index (κ2) is 6.17. The molecule has 0 aliphatic carbocycles. The predicted molar refractivity (Wildman–Crippen MR) is 73.4 cm³/mol. The summed E-state index contributed by atoms with van der Waals surface area (Å²) in [6, 6.07) is 2.16. The highest BCUT2D eigenvalue weighted by Gasteiger charge is 2.26. The van der Waals surface area contributed by atoms with E-state index in [1.807, 2.05) is 0 Å². The average molecular weight is 239 g/mol. The lowest BCUT2D eigenvalue weighted by Crippen LogP contribution is -2.45. The van der Waals surface area contributed by atoms with Crippen LogP contribution in [0.25, 0.3) is 0 Å². The van der Waals surface area contributed by atoms with Gasteiger partial charge in [0.25, 0.3) is 0 Å². The van der Waals surface area contributed by atoms with Crippen molar-refractivity contribution in [2.24, 2.45) is 0 Å². The number of likely N-dealkylation sites (N-methyl/N-ethyl adjacent to an activating group) is 1. The second-order valence-electron chi connectivity index (χ2n) is 6.08. The molecule has 0 bridgehead atoms. The van der Waals surface area contributed by atoms with Crippen LogP contribution in [0, 0.1) is 0 Å². The smallest absolute Gasteiger partial charge is 0.0210 e. The van der Waals surface area contributed by atoms with Gasteiger partial charge in [0.15, 0.2) is 0 Å². The first kappa shape index (κ1) is 13.3. The summed E-state index contributed by atoms with van der Waals surface area (Å²) in [4.78, 5) is 5.11. The van der Waals surface area contributed by atoms with Crippen molar-refractivity contribution in [3.05, 3.63) is 0 Å². The van der Waals surface area contributed by atoms with Gasteiger partial charge >= 0.3 is 0 Å². The van der Waals surface area contributed by atoms with Gasteiger partial charge in [-0.1, -0.05) is 6.42 Å². The molecule has 0 radical (unpaired) electrons. The Balaban J connectivity index is 1.67.